The Hall–Kier alpha value is -2.37. The topological polar surface area (TPSA) is 71.3 Å². The zero-order valence-corrected chi connectivity index (χ0v) is 16.5. The smallest absolute Gasteiger partial charge is 0.226 e. The lowest BCUT2D eigenvalue weighted by Crippen LogP contribution is -2.21. The quantitative estimate of drug-likeness (QED) is 0.889. The molecule has 0 saturated heterocycles. The van der Waals surface area contributed by atoms with E-state index in [1.54, 1.807) is 0 Å². The van der Waals surface area contributed by atoms with Crippen molar-refractivity contribution in [3.63, 3.8) is 0 Å². The minimum absolute atomic E-state index is 0.00712. The van der Waals surface area contributed by atoms with Crippen LogP contribution >= 0.6 is 0 Å². The summed E-state index contributed by atoms with van der Waals surface area (Å²) in [7, 11) is 0. The number of anilines is 2. The molecular formula is C20H28N4O2. The zero-order chi connectivity index (χ0) is 19.1. The summed E-state index contributed by atoms with van der Waals surface area (Å²) >= 11 is 0. The Morgan fingerprint density at radius 3 is 2.69 bits per heavy atom. The molecule has 0 saturated carbocycles. The van der Waals surface area contributed by atoms with Crippen LogP contribution in [0.2, 0.25) is 0 Å². The fraction of sp³-hybridized carbons (Fsp3) is 0.550. The molecule has 0 fully saturated rings. The largest absolute Gasteiger partial charge is 0.362 e. The van der Waals surface area contributed by atoms with Crippen molar-refractivity contribution >= 4 is 17.4 Å². The summed E-state index contributed by atoms with van der Waals surface area (Å²) in [4.78, 5) is 19.3. The molecule has 1 aliphatic heterocycles. The third-order valence-electron chi connectivity index (χ3n) is 4.50. The highest BCUT2D eigenvalue weighted by molar-refractivity contribution is 5.91. The normalized spacial score (nSPS) is 16.7. The fourth-order valence-electron chi connectivity index (χ4n) is 3.36. The Kier molecular flexibility index (Phi) is 4.78. The SMILES string of the molecule is Cc1cc(CN2C[C@H](C)c3nc(NC(=O)CC(C)(C)C)c(C)cc32)on1. The second-order valence-electron chi connectivity index (χ2n) is 8.56. The summed E-state index contributed by atoms with van der Waals surface area (Å²) in [5, 5.41) is 6.95. The second kappa shape index (κ2) is 6.74. The van der Waals surface area contributed by atoms with Gasteiger partial charge < -0.3 is 14.7 Å². The molecule has 2 aromatic rings. The van der Waals surface area contributed by atoms with Gasteiger partial charge >= 0.3 is 0 Å². The molecule has 3 heterocycles. The molecular weight excluding hydrogens is 328 g/mol. The van der Waals surface area contributed by atoms with E-state index in [1.165, 1.54) is 0 Å². The number of pyridine rings is 1. The van der Waals surface area contributed by atoms with Crippen molar-refractivity contribution in [2.45, 2.75) is 60.4 Å². The van der Waals surface area contributed by atoms with Gasteiger partial charge in [0.2, 0.25) is 5.91 Å². The predicted octanol–water partition coefficient (Wildman–Crippen LogP) is 4.18. The van der Waals surface area contributed by atoms with E-state index < -0.39 is 0 Å². The van der Waals surface area contributed by atoms with Crippen molar-refractivity contribution in [3.05, 3.63) is 34.8 Å². The molecule has 1 atom stereocenters. The first-order valence-corrected chi connectivity index (χ1v) is 9.11. The first kappa shape index (κ1) is 18.4. The fourth-order valence-corrected chi connectivity index (χ4v) is 3.36. The number of nitrogens with zero attached hydrogens (tertiary/aromatic N) is 3. The Bertz CT molecular complexity index is 820. The monoisotopic (exact) mass is 356 g/mol. The van der Waals surface area contributed by atoms with Gasteiger partial charge in [0, 0.05) is 24.9 Å². The van der Waals surface area contributed by atoms with Crippen molar-refractivity contribution in [1.29, 1.82) is 0 Å². The Morgan fingerprint density at radius 2 is 2.08 bits per heavy atom. The average Bonchev–Trinajstić information content (AvgIpc) is 3.03. The lowest BCUT2D eigenvalue weighted by atomic mass is 9.92. The number of fused-ring (bicyclic) bond motifs is 1. The van der Waals surface area contributed by atoms with Crippen LogP contribution in [0.25, 0.3) is 0 Å². The van der Waals surface area contributed by atoms with Crippen LogP contribution in [0.15, 0.2) is 16.7 Å². The molecule has 0 unspecified atom stereocenters. The minimum Gasteiger partial charge on any atom is -0.362 e. The van der Waals surface area contributed by atoms with Crippen LogP contribution in [0.4, 0.5) is 11.5 Å². The molecule has 0 radical (unpaired) electrons. The van der Waals surface area contributed by atoms with Gasteiger partial charge in [-0.05, 0) is 30.9 Å². The van der Waals surface area contributed by atoms with E-state index in [4.69, 9.17) is 9.51 Å². The van der Waals surface area contributed by atoms with Crippen molar-refractivity contribution in [3.8, 4) is 0 Å². The van der Waals surface area contributed by atoms with Crippen molar-refractivity contribution in [2.75, 3.05) is 16.8 Å². The van der Waals surface area contributed by atoms with Crippen LogP contribution in [0.1, 0.15) is 62.7 Å². The molecule has 0 spiro atoms. The van der Waals surface area contributed by atoms with Crippen LogP contribution in [0.5, 0.6) is 0 Å². The van der Waals surface area contributed by atoms with Gasteiger partial charge in [0.1, 0.15) is 5.82 Å². The number of carbonyl (C=O) groups excluding carboxylic acids is 1. The van der Waals surface area contributed by atoms with Crippen LogP contribution in [-0.4, -0.2) is 22.6 Å². The van der Waals surface area contributed by atoms with Crippen LogP contribution in [0.3, 0.4) is 0 Å². The number of aromatic nitrogens is 2. The molecule has 6 heteroatoms. The lowest BCUT2D eigenvalue weighted by molar-refractivity contribution is -0.117. The summed E-state index contributed by atoms with van der Waals surface area (Å²) in [5.41, 5.74) is 3.95. The summed E-state index contributed by atoms with van der Waals surface area (Å²) in [5.74, 6) is 1.82. The van der Waals surface area contributed by atoms with Crippen molar-refractivity contribution in [1.82, 2.24) is 10.1 Å². The van der Waals surface area contributed by atoms with Gasteiger partial charge in [-0.1, -0.05) is 32.9 Å². The Balaban J connectivity index is 1.81. The second-order valence-corrected chi connectivity index (χ2v) is 8.56. The molecule has 2 aromatic heterocycles. The third kappa shape index (κ3) is 4.06. The number of hydrogen-bond acceptors (Lipinski definition) is 5. The molecule has 26 heavy (non-hydrogen) atoms. The predicted molar refractivity (Wildman–Crippen MR) is 102 cm³/mol. The van der Waals surface area contributed by atoms with E-state index in [9.17, 15) is 4.79 Å². The molecule has 140 valence electrons. The van der Waals surface area contributed by atoms with Gasteiger partial charge in [-0.3, -0.25) is 4.79 Å². The first-order chi connectivity index (χ1) is 12.1. The van der Waals surface area contributed by atoms with Crippen molar-refractivity contribution in [2.24, 2.45) is 5.41 Å². The van der Waals surface area contributed by atoms with E-state index in [2.05, 4.69) is 49.1 Å². The van der Waals surface area contributed by atoms with Gasteiger partial charge in [0.05, 0.1) is 23.6 Å². The minimum atomic E-state index is -0.0476. The number of nitrogens with one attached hydrogen (secondary N) is 1. The van der Waals surface area contributed by atoms with Gasteiger partial charge in [0.25, 0.3) is 0 Å². The highest BCUT2D eigenvalue weighted by Crippen LogP contribution is 2.38. The molecule has 1 aliphatic rings. The summed E-state index contributed by atoms with van der Waals surface area (Å²) < 4.78 is 5.36. The van der Waals surface area contributed by atoms with Crippen LogP contribution < -0.4 is 10.2 Å². The zero-order valence-electron chi connectivity index (χ0n) is 16.5. The number of rotatable bonds is 4. The van der Waals surface area contributed by atoms with Crippen molar-refractivity contribution < 1.29 is 9.32 Å². The molecule has 3 rings (SSSR count). The van der Waals surface area contributed by atoms with E-state index in [1.807, 2.05) is 19.9 Å². The highest BCUT2D eigenvalue weighted by Gasteiger charge is 2.29. The van der Waals surface area contributed by atoms with Gasteiger partial charge in [0.15, 0.2) is 5.76 Å². The summed E-state index contributed by atoms with van der Waals surface area (Å²) in [6, 6.07) is 4.08. The van der Waals surface area contributed by atoms with E-state index >= 15 is 0 Å². The maximum Gasteiger partial charge on any atom is 0.226 e. The Labute approximate surface area is 155 Å². The highest BCUT2D eigenvalue weighted by atomic mass is 16.5. The third-order valence-corrected chi connectivity index (χ3v) is 4.50. The standard InChI is InChI=1S/C20H28N4O2/c1-12-7-16-18(22-19(12)21-17(25)9-20(4,5)6)13(2)10-24(16)11-15-8-14(3)23-26-15/h7-8,13H,9-11H2,1-6H3,(H,21,22,25)/t13-/m0/s1. The van der Waals surface area contributed by atoms with Crippen LogP contribution in [0, 0.1) is 19.3 Å². The van der Waals surface area contributed by atoms with Gasteiger partial charge in [-0.2, -0.15) is 0 Å². The molecule has 6 nitrogen and oxygen atoms in total. The summed E-state index contributed by atoms with van der Waals surface area (Å²) in [6.07, 6.45) is 0.470. The number of carbonyl (C=O) groups is 1. The molecule has 0 bridgehead atoms. The van der Waals surface area contributed by atoms with Gasteiger partial charge in [-0.15, -0.1) is 0 Å². The van der Waals surface area contributed by atoms with Crippen LogP contribution in [-0.2, 0) is 11.3 Å². The van der Waals surface area contributed by atoms with E-state index in [-0.39, 0.29) is 11.3 Å². The molecule has 0 aliphatic carbocycles. The van der Waals surface area contributed by atoms with E-state index in [0.29, 0.717) is 24.7 Å². The number of aryl methyl sites for hydroxylation is 2. The average molecular weight is 356 g/mol. The van der Waals surface area contributed by atoms with E-state index in [0.717, 1.165) is 34.9 Å². The molecule has 1 N–H and O–H groups in total. The van der Waals surface area contributed by atoms with Gasteiger partial charge in [-0.25, -0.2) is 4.98 Å². The molecule has 1 amide bonds. The Morgan fingerprint density at radius 1 is 1.35 bits per heavy atom. The lowest BCUT2D eigenvalue weighted by Gasteiger charge is -2.19. The first-order valence-electron chi connectivity index (χ1n) is 9.11. The molecule has 0 aromatic carbocycles. The maximum absolute atomic E-state index is 12.3. The summed E-state index contributed by atoms with van der Waals surface area (Å²) in [6.45, 7) is 13.8. The number of amides is 1. The maximum atomic E-state index is 12.3. The number of hydrogen-bond donors (Lipinski definition) is 1.